The average Bonchev–Trinajstić information content (AvgIpc) is 2.88. The van der Waals surface area contributed by atoms with Crippen LogP contribution in [0.5, 0.6) is 0 Å². The summed E-state index contributed by atoms with van der Waals surface area (Å²) in [6.07, 6.45) is 2.93. The summed E-state index contributed by atoms with van der Waals surface area (Å²) in [4.78, 5) is 6.94. The smallest absolute Gasteiger partial charge is 0.0731 e. The molecule has 118 valence electrons. The van der Waals surface area contributed by atoms with Crippen LogP contribution in [-0.2, 0) is 13.0 Å². The number of fused-ring (bicyclic) bond motifs is 3. The Bertz CT molecular complexity index is 854. The van der Waals surface area contributed by atoms with E-state index in [0.29, 0.717) is 0 Å². The number of aromatic nitrogens is 2. The van der Waals surface area contributed by atoms with E-state index in [-0.39, 0.29) is 6.04 Å². The van der Waals surface area contributed by atoms with Crippen molar-refractivity contribution in [2.45, 2.75) is 25.9 Å². The van der Waals surface area contributed by atoms with E-state index in [4.69, 9.17) is 11.6 Å². The lowest BCUT2D eigenvalue weighted by atomic mass is 10.0. The van der Waals surface area contributed by atoms with Gasteiger partial charge in [-0.15, -0.1) is 0 Å². The zero-order valence-corrected chi connectivity index (χ0v) is 14.2. The lowest BCUT2D eigenvalue weighted by molar-refractivity contribution is 0.308. The highest BCUT2D eigenvalue weighted by Crippen LogP contribution is 2.35. The Balaban J connectivity index is 1.96. The highest BCUT2D eigenvalue weighted by molar-refractivity contribution is 6.31. The second-order valence-corrected chi connectivity index (χ2v) is 6.81. The van der Waals surface area contributed by atoms with Gasteiger partial charge in [0, 0.05) is 47.3 Å². The van der Waals surface area contributed by atoms with E-state index < -0.39 is 0 Å². The van der Waals surface area contributed by atoms with Crippen LogP contribution in [0.4, 0.5) is 0 Å². The SMILES string of the molecule is CC(c1ccccn1)n1c2c(c3cc(Cl)ccc31)CN(C)CC2. The first-order valence-electron chi connectivity index (χ1n) is 8.06. The van der Waals surface area contributed by atoms with Crippen molar-refractivity contribution in [2.75, 3.05) is 13.6 Å². The Hall–Kier alpha value is -1.84. The number of benzene rings is 1. The Labute approximate surface area is 141 Å². The molecule has 0 aliphatic carbocycles. The lowest BCUT2D eigenvalue weighted by Crippen LogP contribution is -2.28. The van der Waals surface area contributed by atoms with E-state index >= 15 is 0 Å². The number of rotatable bonds is 2. The molecule has 0 bridgehead atoms. The van der Waals surface area contributed by atoms with Crippen molar-refractivity contribution >= 4 is 22.5 Å². The van der Waals surface area contributed by atoms with Gasteiger partial charge in [0.15, 0.2) is 0 Å². The normalized spacial score (nSPS) is 16.5. The maximum atomic E-state index is 6.27. The highest BCUT2D eigenvalue weighted by Gasteiger charge is 2.25. The molecule has 1 aliphatic heterocycles. The van der Waals surface area contributed by atoms with Crippen molar-refractivity contribution in [1.82, 2.24) is 14.5 Å². The lowest BCUT2D eigenvalue weighted by Gasteiger charge is -2.26. The number of hydrogen-bond donors (Lipinski definition) is 0. The van der Waals surface area contributed by atoms with Crippen LogP contribution in [0.3, 0.4) is 0 Å². The van der Waals surface area contributed by atoms with E-state index in [9.17, 15) is 0 Å². The van der Waals surface area contributed by atoms with Crippen molar-refractivity contribution in [1.29, 1.82) is 0 Å². The predicted octanol–water partition coefficient (Wildman–Crippen LogP) is 4.29. The van der Waals surface area contributed by atoms with Gasteiger partial charge in [0.2, 0.25) is 0 Å². The molecule has 4 rings (SSSR count). The molecular formula is C19H20ClN3. The minimum atomic E-state index is 0.215. The second kappa shape index (κ2) is 5.66. The second-order valence-electron chi connectivity index (χ2n) is 6.38. The molecule has 3 aromatic rings. The van der Waals surface area contributed by atoms with Crippen LogP contribution in [-0.4, -0.2) is 28.0 Å². The molecule has 0 radical (unpaired) electrons. The van der Waals surface area contributed by atoms with Crippen LogP contribution < -0.4 is 0 Å². The number of halogens is 1. The van der Waals surface area contributed by atoms with Crippen molar-refractivity contribution < 1.29 is 0 Å². The number of likely N-dealkylation sites (N-methyl/N-ethyl adjacent to an activating group) is 1. The Kier molecular flexibility index (Phi) is 3.63. The van der Waals surface area contributed by atoms with E-state index in [2.05, 4.69) is 52.7 Å². The van der Waals surface area contributed by atoms with Gasteiger partial charge in [-0.2, -0.15) is 0 Å². The zero-order chi connectivity index (χ0) is 16.0. The van der Waals surface area contributed by atoms with Crippen LogP contribution in [0.15, 0.2) is 42.6 Å². The molecule has 4 heteroatoms. The topological polar surface area (TPSA) is 21.1 Å². The summed E-state index contributed by atoms with van der Waals surface area (Å²) in [6.45, 7) is 4.30. The average molecular weight is 326 g/mol. The maximum Gasteiger partial charge on any atom is 0.0731 e. The summed E-state index contributed by atoms with van der Waals surface area (Å²) >= 11 is 6.27. The fourth-order valence-corrected chi connectivity index (χ4v) is 3.87. The van der Waals surface area contributed by atoms with Crippen LogP contribution >= 0.6 is 11.6 Å². The van der Waals surface area contributed by atoms with Crippen LogP contribution in [0, 0.1) is 0 Å². The van der Waals surface area contributed by atoms with Crippen molar-refractivity contribution in [3.05, 3.63) is 64.6 Å². The Morgan fingerprint density at radius 3 is 2.87 bits per heavy atom. The van der Waals surface area contributed by atoms with Gasteiger partial charge in [-0.1, -0.05) is 17.7 Å². The first kappa shape index (κ1) is 14.7. The summed E-state index contributed by atoms with van der Waals surface area (Å²) in [5.41, 5.74) is 5.20. The molecule has 0 fully saturated rings. The van der Waals surface area contributed by atoms with Crippen LogP contribution in [0.1, 0.15) is 29.9 Å². The Morgan fingerprint density at radius 1 is 1.22 bits per heavy atom. The number of pyridine rings is 1. The maximum absolute atomic E-state index is 6.27. The molecule has 1 atom stereocenters. The van der Waals surface area contributed by atoms with Crippen molar-refractivity contribution in [3.63, 3.8) is 0 Å². The molecule has 0 N–H and O–H groups in total. The van der Waals surface area contributed by atoms with E-state index in [1.165, 1.54) is 22.2 Å². The van der Waals surface area contributed by atoms with Gasteiger partial charge in [0.1, 0.15) is 0 Å². The zero-order valence-electron chi connectivity index (χ0n) is 13.5. The highest BCUT2D eigenvalue weighted by atomic mass is 35.5. The minimum absolute atomic E-state index is 0.215. The van der Waals surface area contributed by atoms with Crippen LogP contribution in [0.25, 0.3) is 10.9 Å². The third kappa shape index (κ3) is 2.44. The van der Waals surface area contributed by atoms with E-state index in [1.54, 1.807) is 0 Å². The van der Waals surface area contributed by atoms with Crippen molar-refractivity contribution in [2.24, 2.45) is 0 Å². The predicted molar refractivity (Wildman–Crippen MR) is 95.0 cm³/mol. The molecular weight excluding hydrogens is 306 g/mol. The van der Waals surface area contributed by atoms with Gasteiger partial charge in [0.05, 0.1) is 11.7 Å². The van der Waals surface area contributed by atoms with Gasteiger partial charge >= 0.3 is 0 Å². The van der Waals surface area contributed by atoms with E-state index in [0.717, 1.165) is 30.2 Å². The van der Waals surface area contributed by atoms with Crippen LogP contribution in [0.2, 0.25) is 5.02 Å². The van der Waals surface area contributed by atoms with Gasteiger partial charge < -0.3 is 9.47 Å². The molecule has 2 aromatic heterocycles. The largest absolute Gasteiger partial charge is 0.335 e. The molecule has 23 heavy (non-hydrogen) atoms. The summed E-state index contributed by atoms with van der Waals surface area (Å²) in [7, 11) is 2.18. The summed E-state index contributed by atoms with van der Waals surface area (Å²) in [5, 5.41) is 2.08. The molecule has 0 saturated heterocycles. The summed E-state index contributed by atoms with van der Waals surface area (Å²) in [6, 6.07) is 12.6. The molecule has 1 aromatic carbocycles. The molecule has 0 saturated carbocycles. The van der Waals surface area contributed by atoms with Gasteiger partial charge in [-0.25, -0.2) is 0 Å². The number of hydrogen-bond acceptors (Lipinski definition) is 2. The molecule has 1 unspecified atom stereocenters. The van der Waals surface area contributed by atoms with E-state index in [1.807, 2.05) is 18.3 Å². The molecule has 1 aliphatic rings. The monoisotopic (exact) mass is 325 g/mol. The van der Waals surface area contributed by atoms with Gasteiger partial charge in [-0.3, -0.25) is 4.98 Å². The third-order valence-electron chi connectivity index (χ3n) is 4.84. The quantitative estimate of drug-likeness (QED) is 0.701. The summed E-state index contributed by atoms with van der Waals surface area (Å²) < 4.78 is 2.45. The first-order valence-corrected chi connectivity index (χ1v) is 8.43. The minimum Gasteiger partial charge on any atom is -0.335 e. The fraction of sp³-hybridized carbons (Fsp3) is 0.316. The first-order chi connectivity index (χ1) is 11.1. The third-order valence-corrected chi connectivity index (χ3v) is 5.08. The molecule has 3 heterocycles. The fourth-order valence-electron chi connectivity index (χ4n) is 3.70. The Morgan fingerprint density at radius 2 is 2.09 bits per heavy atom. The molecule has 0 spiro atoms. The van der Waals surface area contributed by atoms with Gasteiger partial charge in [0.25, 0.3) is 0 Å². The molecule has 0 amide bonds. The van der Waals surface area contributed by atoms with Crippen molar-refractivity contribution in [3.8, 4) is 0 Å². The van der Waals surface area contributed by atoms with Gasteiger partial charge in [-0.05, 0) is 49.9 Å². The standard InChI is InChI=1S/C19H20ClN3/c1-13(17-5-3-4-9-21-17)23-18-7-6-14(20)11-15(18)16-12-22(2)10-8-19(16)23/h3-7,9,11,13H,8,10,12H2,1-2H3. The molecule has 3 nitrogen and oxygen atoms in total. The number of nitrogens with zero attached hydrogens (tertiary/aromatic N) is 3. The summed E-state index contributed by atoms with van der Waals surface area (Å²) in [5.74, 6) is 0.